The Labute approximate surface area is 76.2 Å². The summed E-state index contributed by atoms with van der Waals surface area (Å²) in [4.78, 5) is 8.45. The number of aliphatic hydroxyl groups excluding tert-OH is 1. The van der Waals surface area contributed by atoms with E-state index in [4.69, 9.17) is 14.7 Å². The molecule has 3 unspecified atom stereocenters. The summed E-state index contributed by atoms with van der Waals surface area (Å²) in [6.45, 7) is -0.426. The Morgan fingerprint density at radius 2 is 2.31 bits per heavy atom. The van der Waals surface area contributed by atoms with Crippen molar-refractivity contribution >= 4 is 16.1 Å². The molecule has 1 aliphatic heterocycles. The second-order valence-electron chi connectivity index (χ2n) is 2.86. The van der Waals surface area contributed by atoms with E-state index in [0.717, 1.165) is 0 Å². The third-order valence-electron chi connectivity index (χ3n) is 1.94. The Morgan fingerprint density at radius 1 is 1.69 bits per heavy atom. The molecule has 1 rings (SSSR count). The van der Waals surface area contributed by atoms with Crippen molar-refractivity contribution in [3.05, 3.63) is 0 Å². The Balaban J connectivity index is 2.62. The summed E-state index contributed by atoms with van der Waals surface area (Å²) < 4.78 is 32.9. The van der Waals surface area contributed by atoms with Crippen molar-refractivity contribution in [2.75, 3.05) is 6.61 Å². The predicted octanol–water partition coefficient (Wildman–Crippen LogP) is -1.56. The number of hydrogen-bond donors (Lipinski definition) is 2. The van der Waals surface area contributed by atoms with Gasteiger partial charge in [-0.05, 0) is 0 Å². The van der Waals surface area contributed by atoms with Gasteiger partial charge in [-0.2, -0.15) is 0 Å². The Hall–Kier alpha value is 0.0649. The molecular formula is C5H11BFO5P. The third kappa shape index (κ3) is 2.51. The fraction of sp³-hybridized carbons (Fsp3) is 1.00. The molecule has 0 spiro atoms. The molecule has 76 valence electrons. The highest BCUT2D eigenvalue weighted by atomic mass is 31.1. The predicted molar refractivity (Wildman–Crippen MR) is 45.3 cm³/mol. The van der Waals surface area contributed by atoms with E-state index >= 15 is 0 Å². The third-order valence-corrected chi connectivity index (χ3v) is 2.41. The fourth-order valence-corrected chi connectivity index (χ4v) is 1.82. The van der Waals surface area contributed by atoms with Crippen molar-refractivity contribution in [2.45, 2.75) is 24.4 Å². The molecule has 5 nitrogen and oxygen atoms in total. The lowest BCUT2D eigenvalue weighted by Crippen LogP contribution is -2.32. The molecule has 8 heteroatoms. The molecule has 1 fully saturated rings. The van der Waals surface area contributed by atoms with Gasteiger partial charge in [0.15, 0.2) is 0 Å². The highest BCUT2D eigenvalue weighted by Gasteiger charge is 2.43. The summed E-state index contributed by atoms with van der Waals surface area (Å²) in [5, 5.41) is 8.74. The average Bonchev–Trinajstić information content (AvgIpc) is 2.31. The van der Waals surface area contributed by atoms with Gasteiger partial charge in [-0.25, -0.2) is 4.39 Å². The zero-order valence-electron chi connectivity index (χ0n) is 7.01. The van der Waals surface area contributed by atoms with Gasteiger partial charge in [0.05, 0.1) is 12.6 Å². The maximum absolute atomic E-state index is 13.2. The fourth-order valence-electron chi connectivity index (χ4n) is 1.30. The molecule has 1 saturated heterocycles. The van der Waals surface area contributed by atoms with Crippen LogP contribution in [-0.2, 0) is 13.8 Å². The minimum atomic E-state index is -3.20. The first-order valence-corrected chi connectivity index (χ1v) is 5.12. The van der Waals surface area contributed by atoms with Crippen molar-refractivity contribution in [2.24, 2.45) is 0 Å². The molecular weight excluding hydrogens is 201 g/mol. The van der Waals surface area contributed by atoms with Crippen LogP contribution in [0.5, 0.6) is 0 Å². The van der Waals surface area contributed by atoms with Crippen LogP contribution in [0.4, 0.5) is 4.39 Å². The maximum atomic E-state index is 13.2. The van der Waals surface area contributed by atoms with Crippen LogP contribution in [0.25, 0.3) is 0 Å². The first-order chi connectivity index (χ1) is 6.06. The standard InChI is InChI=1S/C5H11BFO5P/c6-5-3(7)4(12-13(9)10)2(1-8)11-5/h2-5,8,13H,1,6H2,(H,9,10)/t2-,3?,4?,5-/m1/s1. The van der Waals surface area contributed by atoms with Gasteiger partial charge in [0, 0.05) is 0 Å². The lowest BCUT2D eigenvalue weighted by Gasteiger charge is -2.15. The number of rotatable bonds is 3. The molecule has 1 heterocycles. The normalized spacial score (nSPS) is 42.1. The first-order valence-electron chi connectivity index (χ1n) is 3.86. The minimum absolute atomic E-state index is 0.426. The molecule has 0 aromatic carbocycles. The van der Waals surface area contributed by atoms with Crippen molar-refractivity contribution in [1.82, 2.24) is 0 Å². The second kappa shape index (κ2) is 4.53. The molecule has 2 N–H and O–H groups in total. The number of ether oxygens (including phenoxy) is 1. The summed E-state index contributed by atoms with van der Waals surface area (Å²) >= 11 is 0. The van der Waals surface area contributed by atoms with Gasteiger partial charge in [-0.3, -0.25) is 4.57 Å². The van der Waals surface area contributed by atoms with Crippen LogP contribution in [0.1, 0.15) is 0 Å². The molecule has 0 amide bonds. The number of alkyl halides is 1. The van der Waals surface area contributed by atoms with E-state index in [2.05, 4.69) is 4.52 Å². The van der Waals surface area contributed by atoms with E-state index in [1.54, 1.807) is 0 Å². The zero-order chi connectivity index (χ0) is 10.0. The SMILES string of the molecule is B[C@@H]1O[C@H](CO)C(O[PH](=O)O)C1F. The molecule has 0 bridgehead atoms. The van der Waals surface area contributed by atoms with Gasteiger partial charge in [-0.1, -0.05) is 0 Å². The smallest absolute Gasteiger partial charge is 0.317 e. The van der Waals surface area contributed by atoms with E-state index < -0.39 is 39.2 Å². The van der Waals surface area contributed by atoms with Gasteiger partial charge in [0.2, 0.25) is 0 Å². The summed E-state index contributed by atoms with van der Waals surface area (Å²) in [7, 11) is -1.72. The van der Waals surface area contributed by atoms with Crippen LogP contribution < -0.4 is 0 Å². The first kappa shape index (κ1) is 11.1. The summed E-state index contributed by atoms with van der Waals surface area (Å²) in [6, 6.07) is -0.719. The number of hydrogen-bond acceptors (Lipinski definition) is 4. The van der Waals surface area contributed by atoms with Crippen LogP contribution in [0.2, 0.25) is 0 Å². The van der Waals surface area contributed by atoms with Crippen LogP contribution in [-0.4, -0.2) is 48.8 Å². The van der Waals surface area contributed by atoms with Crippen LogP contribution >= 0.6 is 8.25 Å². The van der Waals surface area contributed by atoms with Crippen molar-refractivity contribution < 1.29 is 28.2 Å². The van der Waals surface area contributed by atoms with Crippen LogP contribution in [0.3, 0.4) is 0 Å². The van der Waals surface area contributed by atoms with E-state index in [9.17, 15) is 8.96 Å². The number of aliphatic hydroxyl groups is 1. The van der Waals surface area contributed by atoms with Crippen molar-refractivity contribution in [1.29, 1.82) is 0 Å². The summed E-state index contributed by atoms with van der Waals surface area (Å²) in [5.41, 5.74) is 0. The lowest BCUT2D eigenvalue weighted by molar-refractivity contribution is 0.00241. The van der Waals surface area contributed by atoms with Gasteiger partial charge >= 0.3 is 8.25 Å². The lowest BCUT2D eigenvalue weighted by atomic mass is 9.94. The van der Waals surface area contributed by atoms with Gasteiger partial charge < -0.3 is 19.3 Å². The van der Waals surface area contributed by atoms with Gasteiger partial charge in [-0.15, -0.1) is 0 Å². The molecule has 0 aromatic heterocycles. The van der Waals surface area contributed by atoms with Gasteiger partial charge in [0.25, 0.3) is 0 Å². The quantitative estimate of drug-likeness (QED) is 0.437. The van der Waals surface area contributed by atoms with E-state index in [1.165, 1.54) is 7.85 Å². The largest absolute Gasteiger partial charge is 0.394 e. The zero-order valence-corrected chi connectivity index (χ0v) is 8.01. The Kier molecular flexibility index (Phi) is 3.88. The molecule has 1 aliphatic rings. The molecule has 5 atom stereocenters. The van der Waals surface area contributed by atoms with Crippen molar-refractivity contribution in [3.8, 4) is 0 Å². The molecule has 0 aliphatic carbocycles. The van der Waals surface area contributed by atoms with Crippen LogP contribution in [0, 0.1) is 0 Å². The highest BCUT2D eigenvalue weighted by molar-refractivity contribution is 7.32. The average molecular weight is 212 g/mol. The molecule has 0 radical (unpaired) electrons. The summed E-state index contributed by atoms with van der Waals surface area (Å²) in [5.74, 6) is 0. The Bertz CT molecular complexity index is 205. The van der Waals surface area contributed by atoms with E-state index in [0.29, 0.717) is 0 Å². The molecule has 13 heavy (non-hydrogen) atoms. The maximum Gasteiger partial charge on any atom is 0.317 e. The monoisotopic (exact) mass is 212 g/mol. The van der Waals surface area contributed by atoms with E-state index in [-0.39, 0.29) is 0 Å². The molecule has 0 saturated carbocycles. The van der Waals surface area contributed by atoms with Crippen molar-refractivity contribution in [3.63, 3.8) is 0 Å². The Morgan fingerprint density at radius 3 is 2.77 bits per heavy atom. The molecule has 0 aromatic rings. The van der Waals surface area contributed by atoms with E-state index in [1.807, 2.05) is 0 Å². The van der Waals surface area contributed by atoms with Crippen LogP contribution in [0.15, 0.2) is 0 Å². The minimum Gasteiger partial charge on any atom is -0.394 e. The second-order valence-corrected chi connectivity index (χ2v) is 3.62. The summed E-state index contributed by atoms with van der Waals surface area (Å²) in [6.07, 6.45) is -3.47. The highest BCUT2D eigenvalue weighted by Crippen LogP contribution is 2.31. The topological polar surface area (TPSA) is 76.0 Å². The number of halogens is 1. The van der Waals surface area contributed by atoms with Gasteiger partial charge in [0.1, 0.15) is 26.2 Å².